The van der Waals surface area contributed by atoms with Crippen molar-refractivity contribution < 1.29 is 4.79 Å². The largest absolute Gasteiger partial charge is 0.281 e. The third kappa shape index (κ3) is 2.77. The van der Waals surface area contributed by atoms with Crippen molar-refractivity contribution in [3.8, 4) is 0 Å². The van der Waals surface area contributed by atoms with Crippen LogP contribution in [0.5, 0.6) is 0 Å². The Bertz CT molecular complexity index is 618. The Kier molecular flexibility index (Phi) is 3.24. The average Bonchev–Trinajstić information content (AvgIpc) is 3.16. The van der Waals surface area contributed by atoms with E-state index < -0.39 is 0 Å². The normalized spacial score (nSPS) is 14.8. The summed E-state index contributed by atoms with van der Waals surface area (Å²) in [4.78, 5) is 16.2. The highest BCUT2D eigenvalue weighted by Gasteiger charge is 2.31. The van der Waals surface area contributed by atoms with Gasteiger partial charge in [-0.05, 0) is 37.5 Å². The third-order valence-electron chi connectivity index (χ3n) is 3.34. The number of amides is 1. The second-order valence-corrected chi connectivity index (χ2v) is 6.28. The molecule has 0 spiro atoms. The number of thiazole rings is 1. The molecule has 0 bridgehead atoms. The van der Waals surface area contributed by atoms with Crippen LogP contribution in [0.1, 0.15) is 23.4 Å². The van der Waals surface area contributed by atoms with Crippen molar-refractivity contribution in [2.75, 3.05) is 7.05 Å². The predicted molar refractivity (Wildman–Crippen MR) is 76.7 cm³/mol. The predicted octanol–water partition coefficient (Wildman–Crippen LogP) is 2.48. The fraction of sp³-hybridized carbons (Fsp3) is 0.429. The van der Waals surface area contributed by atoms with E-state index in [9.17, 15) is 4.79 Å². The summed E-state index contributed by atoms with van der Waals surface area (Å²) in [5.41, 5.74) is 5.38. The summed E-state index contributed by atoms with van der Waals surface area (Å²) < 4.78 is 1.20. The van der Waals surface area contributed by atoms with Crippen LogP contribution in [0.2, 0.25) is 0 Å². The number of hydrazine groups is 1. The van der Waals surface area contributed by atoms with Gasteiger partial charge in [-0.3, -0.25) is 9.80 Å². The van der Waals surface area contributed by atoms with Crippen LogP contribution in [0.3, 0.4) is 0 Å². The van der Waals surface area contributed by atoms with Gasteiger partial charge < -0.3 is 0 Å². The van der Waals surface area contributed by atoms with E-state index in [0.29, 0.717) is 6.54 Å². The molecule has 1 saturated carbocycles. The summed E-state index contributed by atoms with van der Waals surface area (Å²) in [6, 6.07) is 6.24. The standard InChI is InChI=1S/C14H17N3OS/c1-9-16-12-6-3-10(7-13(12)19-9)8-15-17(2)14(18)11-4-5-11/h3,6-7,11,15H,4-5,8H2,1-2H3. The molecule has 1 amide bonds. The van der Waals surface area contributed by atoms with Gasteiger partial charge in [-0.1, -0.05) is 6.07 Å². The minimum Gasteiger partial charge on any atom is -0.281 e. The number of hydrogen-bond acceptors (Lipinski definition) is 4. The van der Waals surface area contributed by atoms with Crippen molar-refractivity contribution in [1.82, 2.24) is 15.4 Å². The first kappa shape index (κ1) is 12.6. The summed E-state index contributed by atoms with van der Waals surface area (Å²) in [5, 5.41) is 2.71. The van der Waals surface area contributed by atoms with Crippen molar-refractivity contribution in [3.05, 3.63) is 28.8 Å². The quantitative estimate of drug-likeness (QED) is 0.872. The SMILES string of the molecule is Cc1nc2ccc(CNN(C)C(=O)C3CC3)cc2s1. The maximum atomic E-state index is 11.8. The molecule has 1 aromatic carbocycles. The van der Waals surface area contributed by atoms with Crippen LogP contribution in [-0.4, -0.2) is 22.9 Å². The van der Waals surface area contributed by atoms with Crippen molar-refractivity contribution in [3.63, 3.8) is 0 Å². The van der Waals surface area contributed by atoms with E-state index in [1.807, 2.05) is 13.0 Å². The Morgan fingerprint density at radius 1 is 1.53 bits per heavy atom. The summed E-state index contributed by atoms with van der Waals surface area (Å²) >= 11 is 1.70. The van der Waals surface area contributed by atoms with Crippen molar-refractivity contribution in [2.45, 2.75) is 26.3 Å². The molecule has 0 radical (unpaired) electrons. The molecule has 1 N–H and O–H groups in total. The molecule has 0 aliphatic heterocycles. The number of nitrogens with one attached hydrogen (secondary N) is 1. The number of rotatable bonds is 4. The van der Waals surface area contributed by atoms with Crippen LogP contribution in [0.4, 0.5) is 0 Å². The van der Waals surface area contributed by atoms with Crippen molar-refractivity contribution in [2.24, 2.45) is 5.92 Å². The molecule has 1 aliphatic rings. The molecule has 5 heteroatoms. The van der Waals surface area contributed by atoms with Gasteiger partial charge in [0.15, 0.2) is 0 Å². The number of aromatic nitrogens is 1. The number of aryl methyl sites for hydroxylation is 1. The second kappa shape index (κ2) is 4.90. The lowest BCUT2D eigenvalue weighted by atomic mass is 10.2. The van der Waals surface area contributed by atoms with Crippen molar-refractivity contribution in [1.29, 1.82) is 0 Å². The van der Waals surface area contributed by atoms with Crippen LogP contribution >= 0.6 is 11.3 Å². The Labute approximate surface area is 116 Å². The fourth-order valence-corrected chi connectivity index (χ4v) is 2.98. The zero-order chi connectivity index (χ0) is 13.4. The van der Waals surface area contributed by atoms with Gasteiger partial charge in [0.1, 0.15) is 0 Å². The van der Waals surface area contributed by atoms with Gasteiger partial charge in [-0.15, -0.1) is 11.3 Å². The first-order valence-corrected chi connectivity index (χ1v) is 7.32. The Morgan fingerprint density at radius 2 is 2.32 bits per heavy atom. The van der Waals surface area contributed by atoms with E-state index in [1.165, 1.54) is 10.3 Å². The smallest absolute Gasteiger partial charge is 0.239 e. The van der Waals surface area contributed by atoms with E-state index in [1.54, 1.807) is 23.4 Å². The number of benzene rings is 1. The molecule has 0 unspecified atom stereocenters. The number of nitrogens with zero attached hydrogens (tertiary/aromatic N) is 2. The summed E-state index contributed by atoms with van der Waals surface area (Å²) in [5.74, 6) is 0.457. The zero-order valence-corrected chi connectivity index (χ0v) is 12.0. The number of fused-ring (bicyclic) bond motifs is 1. The van der Waals surface area contributed by atoms with Crippen LogP contribution in [0, 0.1) is 12.8 Å². The van der Waals surface area contributed by atoms with E-state index in [4.69, 9.17) is 0 Å². The van der Waals surface area contributed by atoms with E-state index >= 15 is 0 Å². The number of carbonyl (C=O) groups is 1. The van der Waals surface area contributed by atoms with Crippen LogP contribution < -0.4 is 5.43 Å². The second-order valence-electron chi connectivity index (χ2n) is 5.04. The van der Waals surface area contributed by atoms with Gasteiger partial charge in [-0.25, -0.2) is 10.4 Å². The van der Waals surface area contributed by atoms with Crippen LogP contribution in [0.15, 0.2) is 18.2 Å². The molecular weight excluding hydrogens is 258 g/mol. The summed E-state index contributed by atoms with van der Waals surface area (Å²) in [6.45, 7) is 2.69. The van der Waals surface area contributed by atoms with Crippen LogP contribution in [0.25, 0.3) is 10.2 Å². The molecule has 0 atom stereocenters. The topological polar surface area (TPSA) is 45.2 Å². The highest BCUT2D eigenvalue weighted by Crippen LogP contribution is 2.30. The molecule has 100 valence electrons. The molecule has 1 aliphatic carbocycles. The maximum Gasteiger partial charge on any atom is 0.239 e. The Hall–Kier alpha value is -1.46. The average molecular weight is 275 g/mol. The maximum absolute atomic E-state index is 11.8. The van der Waals surface area contributed by atoms with Gasteiger partial charge in [0.25, 0.3) is 0 Å². The highest BCUT2D eigenvalue weighted by atomic mass is 32.1. The number of carbonyl (C=O) groups excluding carboxylic acids is 1. The first-order chi connectivity index (χ1) is 9.13. The molecule has 2 aromatic rings. The molecule has 0 saturated heterocycles. The Balaban J connectivity index is 1.65. The molecule has 3 rings (SSSR count). The summed E-state index contributed by atoms with van der Waals surface area (Å²) in [6.07, 6.45) is 2.08. The van der Waals surface area contributed by atoms with Crippen molar-refractivity contribution >= 4 is 27.5 Å². The van der Waals surface area contributed by atoms with E-state index in [-0.39, 0.29) is 11.8 Å². The zero-order valence-electron chi connectivity index (χ0n) is 11.1. The molecule has 1 fully saturated rings. The minimum absolute atomic E-state index is 0.203. The lowest BCUT2D eigenvalue weighted by molar-refractivity contribution is -0.134. The van der Waals surface area contributed by atoms with Gasteiger partial charge >= 0.3 is 0 Å². The highest BCUT2D eigenvalue weighted by molar-refractivity contribution is 7.18. The van der Waals surface area contributed by atoms with E-state index in [2.05, 4.69) is 22.5 Å². The first-order valence-electron chi connectivity index (χ1n) is 6.50. The lowest BCUT2D eigenvalue weighted by Crippen LogP contribution is -2.39. The lowest BCUT2D eigenvalue weighted by Gasteiger charge is -2.18. The number of hydrogen-bond donors (Lipinski definition) is 1. The van der Waals surface area contributed by atoms with Gasteiger partial charge in [0, 0.05) is 19.5 Å². The van der Waals surface area contributed by atoms with Crippen LogP contribution in [-0.2, 0) is 11.3 Å². The van der Waals surface area contributed by atoms with E-state index in [0.717, 1.165) is 23.4 Å². The summed E-state index contributed by atoms with van der Waals surface area (Å²) in [7, 11) is 1.80. The molecule has 19 heavy (non-hydrogen) atoms. The van der Waals surface area contributed by atoms with Gasteiger partial charge in [0.2, 0.25) is 5.91 Å². The van der Waals surface area contributed by atoms with Gasteiger partial charge in [-0.2, -0.15) is 0 Å². The monoisotopic (exact) mass is 275 g/mol. The molecule has 4 nitrogen and oxygen atoms in total. The molecule has 1 aromatic heterocycles. The van der Waals surface area contributed by atoms with Gasteiger partial charge in [0.05, 0.1) is 15.2 Å². The Morgan fingerprint density at radius 3 is 3.05 bits per heavy atom. The third-order valence-corrected chi connectivity index (χ3v) is 4.27. The molecular formula is C14H17N3OS. The fourth-order valence-electron chi connectivity index (χ4n) is 2.09. The minimum atomic E-state index is 0.203. The molecule has 1 heterocycles.